The molecule has 1 aromatic rings. The molecule has 0 saturated heterocycles. The second kappa shape index (κ2) is 4.67. The molecule has 0 radical (unpaired) electrons. The number of phenolic OH excluding ortho intramolecular Hbond substituents is 1. The molecule has 0 aliphatic rings. The molecule has 0 unspecified atom stereocenters. The molecule has 15 heavy (non-hydrogen) atoms. The molecule has 0 aromatic heterocycles. The maximum Gasteiger partial charge on any atom is 0.119 e. The van der Waals surface area contributed by atoms with Crippen molar-refractivity contribution in [2.75, 3.05) is 6.54 Å². The van der Waals surface area contributed by atoms with Crippen molar-refractivity contribution in [2.24, 2.45) is 5.73 Å². The van der Waals surface area contributed by atoms with Crippen LogP contribution in [0.15, 0.2) is 18.2 Å². The Balaban J connectivity index is 2.95. The smallest absolute Gasteiger partial charge is 0.119 e. The highest BCUT2D eigenvalue weighted by Crippen LogP contribution is 2.31. The molecule has 2 heteroatoms. The van der Waals surface area contributed by atoms with Gasteiger partial charge in [-0.3, -0.25) is 0 Å². The van der Waals surface area contributed by atoms with Gasteiger partial charge in [0.1, 0.15) is 5.75 Å². The normalized spacial score (nSPS) is 11.7. The van der Waals surface area contributed by atoms with Gasteiger partial charge in [0.25, 0.3) is 0 Å². The molecule has 0 fully saturated rings. The summed E-state index contributed by atoms with van der Waals surface area (Å²) >= 11 is 0. The zero-order chi connectivity index (χ0) is 11.5. The van der Waals surface area contributed by atoms with E-state index in [-0.39, 0.29) is 5.41 Å². The third kappa shape index (κ3) is 3.24. The van der Waals surface area contributed by atoms with Crippen molar-refractivity contribution in [3.63, 3.8) is 0 Å². The van der Waals surface area contributed by atoms with Gasteiger partial charge in [-0.25, -0.2) is 0 Å². The number of hydrogen-bond acceptors (Lipinski definition) is 2. The van der Waals surface area contributed by atoms with Gasteiger partial charge in [-0.15, -0.1) is 0 Å². The topological polar surface area (TPSA) is 46.2 Å². The lowest BCUT2D eigenvalue weighted by atomic mass is 9.85. The van der Waals surface area contributed by atoms with E-state index in [1.54, 1.807) is 6.07 Å². The molecule has 0 atom stereocenters. The fraction of sp³-hybridized carbons (Fsp3) is 0.538. The monoisotopic (exact) mass is 207 g/mol. The average molecular weight is 207 g/mol. The van der Waals surface area contributed by atoms with Crippen molar-refractivity contribution in [3.05, 3.63) is 29.3 Å². The van der Waals surface area contributed by atoms with Crippen molar-refractivity contribution in [3.8, 4) is 5.75 Å². The summed E-state index contributed by atoms with van der Waals surface area (Å²) in [5.41, 5.74) is 7.73. The predicted molar refractivity (Wildman–Crippen MR) is 64.2 cm³/mol. The van der Waals surface area contributed by atoms with Crippen LogP contribution in [0.3, 0.4) is 0 Å². The molecule has 3 N–H and O–H groups in total. The second-order valence-corrected chi connectivity index (χ2v) is 4.99. The maximum atomic E-state index is 9.77. The molecular formula is C13H21NO. The van der Waals surface area contributed by atoms with E-state index in [0.29, 0.717) is 12.3 Å². The largest absolute Gasteiger partial charge is 0.508 e. The summed E-state index contributed by atoms with van der Waals surface area (Å²) in [6, 6.07) is 5.84. The molecular weight excluding hydrogens is 186 g/mol. The molecule has 1 aromatic carbocycles. The number of hydrogen-bond donors (Lipinski definition) is 2. The van der Waals surface area contributed by atoms with E-state index < -0.39 is 0 Å². The Morgan fingerprint density at radius 2 is 1.93 bits per heavy atom. The Kier molecular flexibility index (Phi) is 3.75. The van der Waals surface area contributed by atoms with Gasteiger partial charge >= 0.3 is 0 Å². The highest BCUT2D eigenvalue weighted by molar-refractivity contribution is 5.40. The Labute approximate surface area is 92.1 Å². The lowest BCUT2D eigenvalue weighted by molar-refractivity contribution is 0.446. The number of aryl methyl sites for hydroxylation is 1. The SMILES string of the molecule is CC(C)(C)c1cc(CCCN)ccc1O. The third-order valence-corrected chi connectivity index (χ3v) is 2.54. The van der Waals surface area contributed by atoms with E-state index in [4.69, 9.17) is 5.73 Å². The summed E-state index contributed by atoms with van der Waals surface area (Å²) in [4.78, 5) is 0. The average Bonchev–Trinajstić information content (AvgIpc) is 2.15. The molecule has 0 amide bonds. The summed E-state index contributed by atoms with van der Waals surface area (Å²) < 4.78 is 0. The van der Waals surface area contributed by atoms with Gasteiger partial charge in [0.15, 0.2) is 0 Å². The highest BCUT2D eigenvalue weighted by atomic mass is 16.3. The molecule has 0 aliphatic carbocycles. The van der Waals surface area contributed by atoms with Gasteiger partial charge in [0.05, 0.1) is 0 Å². The number of aromatic hydroxyl groups is 1. The summed E-state index contributed by atoms with van der Waals surface area (Å²) in [5, 5.41) is 9.77. The van der Waals surface area contributed by atoms with Crippen molar-refractivity contribution < 1.29 is 5.11 Å². The van der Waals surface area contributed by atoms with E-state index in [1.165, 1.54) is 5.56 Å². The first-order chi connectivity index (χ1) is 6.95. The minimum Gasteiger partial charge on any atom is -0.508 e. The van der Waals surface area contributed by atoms with Crippen molar-refractivity contribution >= 4 is 0 Å². The van der Waals surface area contributed by atoms with Crippen LogP contribution < -0.4 is 5.73 Å². The predicted octanol–water partition coefficient (Wildman–Crippen LogP) is 2.58. The molecule has 0 spiro atoms. The summed E-state index contributed by atoms with van der Waals surface area (Å²) in [5.74, 6) is 0.388. The van der Waals surface area contributed by atoms with E-state index in [2.05, 4.69) is 26.8 Å². The van der Waals surface area contributed by atoms with E-state index in [9.17, 15) is 5.11 Å². The Bertz CT molecular complexity index is 326. The minimum atomic E-state index is -0.0111. The number of phenols is 1. The Morgan fingerprint density at radius 1 is 1.27 bits per heavy atom. The standard InChI is InChI=1S/C13H21NO/c1-13(2,3)11-9-10(5-4-8-14)6-7-12(11)15/h6-7,9,15H,4-5,8,14H2,1-3H3. The van der Waals surface area contributed by atoms with E-state index >= 15 is 0 Å². The lowest BCUT2D eigenvalue weighted by Gasteiger charge is -2.21. The lowest BCUT2D eigenvalue weighted by Crippen LogP contribution is -2.12. The van der Waals surface area contributed by atoms with Gasteiger partial charge in [0, 0.05) is 0 Å². The molecule has 1 rings (SSSR count). The maximum absolute atomic E-state index is 9.77. The van der Waals surface area contributed by atoms with Crippen LogP contribution in [0.25, 0.3) is 0 Å². The van der Waals surface area contributed by atoms with Crippen LogP contribution >= 0.6 is 0 Å². The first-order valence-corrected chi connectivity index (χ1v) is 5.47. The molecule has 0 aliphatic heterocycles. The van der Waals surface area contributed by atoms with Crippen molar-refractivity contribution in [1.29, 1.82) is 0 Å². The number of benzene rings is 1. The van der Waals surface area contributed by atoms with Gasteiger partial charge < -0.3 is 10.8 Å². The van der Waals surface area contributed by atoms with Gasteiger partial charge in [-0.2, -0.15) is 0 Å². The molecule has 0 bridgehead atoms. The molecule has 84 valence electrons. The number of nitrogens with two attached hydrogens (primary N) is 1. The fourth-order valence-corrected chi connectivity index (χ4v) is 1.65. The van der Waals surface area contributed by atoms with Crippen molar-refractivity contribution in [1.82, 2.24) is 0 Å². The summed E-state index contributed by atoms with van der Waals surface area (Å²) in [6.07, 6.45) is 1.98. The van der Waals surface area contributed by atoms with Crippen LogP contribution in [0.1, 0.15) is 38.3 Å². The van der Waals surface area contributed by atoms with Crippen LogP contribution in [0, 0.1) is 0 Å². The minimum absolute atomic E-state index is 0.0111. The Hall–Kier alpha value is -1.02. The van der Waals surface area contributed by atoms with Gasteiger partial charge in [0.2, 0.25) is 0 Å². The van der Waals surface area contributed by atoms with Crippen LogP contribution in [0.2, 0.25) is 0 Å². The van der Waals surface area contributed by atoms with Crippen LogP contribution in [0.4, 0.5) is 0 Å². The molecule has 0 heterocycles. The van der Waals surface area contributed by atoms with Crippen molar-refractivity contribution in [2.45, 2.75) is 39.0 Å². The van der Waals surface area contributed by atoms with E-state index in [1.807, 2.05) is 6.07 Å². The Morgan fingerprint density at radius 3 is 2.47 bits per heavy atom. The van der Waals surface area contributed by atoms with E-state index in [0.717, 1.165) is 18.4 Å². The summed E-state index contributed by atoms with van der Waals surface area (Å²) in [7, 11) is 0. The zero-order valence-corrected chi connectivity index (χ0v) is 9.88. The zero-order valence-electron chi connectivity index (χ0n) is 9.88. The second-order valence-electron chi connectivity index (χ2n) is 4.99. The van der Waals surface area contributed by atoms with Crippen LogP contribution in [0.5, 0.6) is 5.75 Å². The molecule has 0 saturated carbocycles. The quantitative estimate of drug-likeness (QED) is 0.800. The molecule has 2 nitrogen and oxygen atoms in total. The highest BCUT2D eigenvalue weighted by Gasteiger charge is 2.17. The van der Waals surface area contributed by atoms with Crippen LogP contribution in [-0.4, -0.2) is 11.7 Å². The van der Waals surface area contributed by atoms with Crippen LogP contribution in [-0.2, 0) is 11.8 Å². The first-order valence-electron chi connectivity index (χ1n) is 5.47. The van der Waals surface area contributed by atoms with Gasteiger partial charge in [-0.1, -0.05) is 32.9 Å². The fourth-order valence-electron chi connectivity index (χ4n) is 1.65. The third-order valence-electron chi connectivity index (χ3n) is 2.54. The first kappa shape index (κ1) is 12.1. The van der Waals surface area contributed by atoms with Gasteiger partial charge in [-0.05, 0) is 42.0 Å². The summed E-state index contributed by atoms with van der Waals surface area (Å²) in [6.45, 7) is 7.03. The number of rotatable bonds is 3.